The second-order valence-electron chi connectivity index (χ2n) is 8.81. The second kappa shape index (κ2) is 12.2. The van der Waals surface area contributed by atoms with Gasteiger partial charge < -0.3 is 20.0 Å². The molecular weight excluding hydrogens is 424 g/mol. The maximum atomic E-state index is 6.31. The fraction of sp³-hybridized carbons (Fsp3) is 0.444. The molecule has 0 aliphatic heterocycles. The van der Waals surface area contributed by atoms with Crippen molar-refractivity contribution >= 4 is 22.9 Å². The summed E-state index contributed by atoms with van der Waals surface area (Å²) in [4.78, 5) is 14.0. The summed E-state index contributed by atoms with van der Waals surface area (Å²) in [5.74, 6) is 2.39. The third-order valence-electron chi connectivity index (χ3n) is 6.14. The molecule has 3 heterocycles. The number of nitrogens with two attached hydrogens (primary N) is 1. The number of aryl methyl sites for hydroxylation is 1. The van der Waals surface area contributed by atoms with E-state index in [1.54, 1.807) is 6.26 Å². The smallest absolute Gasteiger partial charge is 0.226 e. The summed E-state index contributed by atoms with van der Waals surface area (Å²) < 4.78 is 7.80. The molecule has 0 saturated heterocycles. The lowest BCUT2D eigenvalue weighted by molar-refractivity contribution is 0.539. The molecule has 1 aromatic carbocycles. The largest absolute Gasteiger partial charge is 0.461 e. The third kappa shape index (κ3) is 6.16. The maximum Gasteiger partial charge on any atom is 0.226 e. The summed E-state index contributed by atoms with van der Waals surface area (Å²) in [7, 11) is 0. The zero-order valence-corrected chi connectivity index (χ0v) is 20.2. The van der Waals surface area contributed by atoms with Crippen molar-refractivity contribution in [1.82, 2.24) is 19.5 Å². The lowest BCUT2D eigenvalue weighted by Crippen LogP contribution is -2.10. The van der Waals surface area contributed by atoms with Crippen LogP contribution in [0.1, 0.15) is 63.9 Å². The highest BCUT2D eigenvalue weighted by atomic mass is 16.3. The van der Waals surface area contributed by atoms with Crippen LogP contribution in [0.5, 0.6) is 0 Å². The predicted molar refractivity (Wildman–Crippen MR) is 139 cm³/mol. The van der Waals surface area contributed by atoms with Crippen molar-refractivity contribution in [2.24, 2.45) is 0 Å². The summed E-state index contributed by atoms with van der Waals surface area (Å²) >= 11 is 0. The first kappa shape index (κ1) is 23.8. The number of rotatable bonds is 14. The Morgan fingerprint density at radius 3 is 2.38 bits per heavy atom. The quantitative estimate of drug-likeness (QED) is 0.210. The molecule has 3 N–H and O–H groups in total. The SMILES string of the molecule is CCCCCCCCCCn1c(-c2ccco2)nc2c(N)nc(NCCc3ccccc3)nc21. The van der Waals surface area contributed by atoms with Crippen LogP contribution in [0.2, 0.25) is 0 Å². The lowest BCUT2D eigenvalue weighted by atomic mass is 10.1. The minimum atomic E-state index is 0.384. The molecule has 4 aromatic rings. The van der Waals surface area contributed by atoms with Gasteiger partial charge in [0.2, 0.25) is 5.95 Å². The summed E-state index contributed by atoms with van der Waals surface area (Å²) in [6.45, 7) is 3.81. The van der Waals surface area contributed by atoms with E-state index in [0.717, 1.165) is 43.2 Å². The molecule has 0 unspecified atom stereocenters. The highest BCUT2D eigenvalue weighted by Crippen LogP contribution is 2.28. The number of fused-ring (bicyclic) bond motifs is 1. The maximum absolute atomic E-state index is 6.31. The van der Waals surface area contributed by atoms with Gasteiger partial charge in [-0.3, -0.25) is 0 Å². The van der Waals surface area contributed by atoms with Gasteiger partial charge in [-0.05, 0) is 30.5 Å². The first-order chi connectivity index (χ1) is 16.8. The highest BCUT2D eigenvalue weighted by molar-refractivity contribution is 5.86. The number of imidazole rings is 1. The number of benzene rings is 1. The first-order valence-corrected chi connectivity index (χ1v) is 12.6. The molecule has 0 radical (unpaired) electrons. The molecule has 4 rings (SSSR count). The van der Waals surface area contributed by atoms with Crippen molar-refractivity contribution < 1.29 is 4.42 Å². The van der Waals surface area contributed by atoms with E-state index >= 15 is 0 Å². The molecule has 0 saturated carbocycles. The first-order valence-electron chi connectivity index (χ1n) is 12.6. The molecule has 0 amide bonds. The Bertz CT molecular complexity index is 1140. The summed E-state index contributed by atoms with van der Waals surface area (Å²) in [5, 5.41) is 3.33. The topological polar surface area (TPSA) is 94.8 Å². The number of hydrogen-bond donors (Lipinski definition) is 2. The van der Waals surface area contributed by atoms with Gasteiger partial charge in [0.1, 0.15) is 0 Å². The van der Waals surface area contributed by atoms with Crippen LogP contribution in [0.3, 0.4) is 0 Å². The van der Waals surface area contributed by atoms with Crippen LogP contribution < -0.4 is 11.1 Å². The Morgan fingerprint density at radius 2 is 1.65 bits per heavy atom. The normalized spacial score (nSPS) is 11.3. The monoisotopic (exact) mass is 460 g/mol. The van der Waals surface area contributed by atoms with Crippen molar-refractivity contribution in [2.45, 2.75) is 71.3 Å². The molecule has 34 heavy (non-hydrogen) atoms. The molecule has 3 aromatic heterocycles. The highest BCUT2D eigenvalue weighted by Gasteiger charge is 2.19. The van der Waals surface area contributed by atoms with Gasteiger partial charge in [0.25, 0.3) is 0 Å². The third-order valence-corrected chi connectivity index (χ3v) is 6.14. The number of hydrogen-bond acceptors (Lipinski definition) is 6. The van der Waals surface area contributed by atoms with Gasteiger partial charge in [-0.15, -0.1) is 0 Å². The Hall–Kier alpha value is -3.35. The minimum absolute atomic E-state index is 0.384. The summed E-state index contributed by atoms with van der Waals surface area (Å²) in [5.41, 5.74) is 8.96. The average Bonchev–Trinajstić information content (AvgIpc) is 3.50. The van der Waals surface area contributed by atoms with Crippen LogP contribution in [0, 0.1) is 0 Å². The molecule has 0 aliphatic carbocycles. The van der Waals surface area contributed by atoms with E-state index in [-0.39, 0.29) is 0 Å². The van der Waals surface area contributed by atoms with Crippen LogP contribution in [-0.2, 0) is 13.0 Å². The van der Waals surface area contributed by atoms with Gasteiger partial charge in [0.15, 0.2) is 28.6 Å². The standard InChI is InChI=1S/C27H36N6O/c1-2-3-4-5-6-7-8-12-19-33-25(22-16-13-20-34-22)30-23-24(28)31-27(32-26(23)33)29-18-17-21-14-10-9-11-15-21/h9-11,13-16,20H,2-8,12,17-19H2,1H3,(H3,28,29,31,32). The molecule has 0 bridgehead atoms. The van der Waals surface area contributed by atoms with Gasteiger partial charge in [-0.25, -0.2) is 4.98 Å². The molecule has 7 heteroatoms. The molecule has 0 fully saturated rings. The summed E-state index contributed by atoms with van der Waals surface area (Å²) in [6.07, 6.45) is 12.7. The van der Waals surface area contributed by atoms with Crippen LogP contribution in [0.4, 0.5) is 11.8 Å². The van der Waals surface area contributed by atoms with E-state index in [0.29, 0.717) is 17.3 Å². The molecule has 7 nitrogen and oxygen atoms in total. The van der Waals surface area contributed by atoms with E-state index in [1.807, 2.05) is 18.2 Å². The van der Waals surface area contributed by atoms with Crippen molar-refractivity contribution in [2.75, 3.05) is 17.6 Å². The van der Waals surface area contributed by atoms with Crippen molar-refractivity contribution in [1.29, 1.82) is 0 Å². The predicted octanol–water partition coefficient (Wildman–Crippen LogP) is 6.46. The molecule has 0 atom stereocenters. The Morgan fingerprint density at radius 1 is 0.882 bits per heavy atom. The van der Waals surface area contributed by atoms with Crippen LogP contribution in [0.15, 0.2) is 53.1 Å². The van der Waals surface area contributed by atoms with Crippen LogP contribution in [0.25, 0.3) is 22.7 Å². The molecule has 0 spiro atoms. The van der Waals surface area contributed by atoms with E-state index in [4.69, 9.17) is 20.1 Å². The lowest BCUT2D eigenvalue weighted by Gasteiger charge is -2.09. The number of nitrogens with zero attached hydrogens (tertiary/aromatic N) is 4. The number of furan rings is 1. The zero-order chi connectivity index (χ0) is 23.6. The van der Waals surface area contributed by atoms with Gasteiger partial charge in [-0.1, -0.05) is 82.2 Å². The average molecular weight is 461 g/mol. The van der Waals surface area contributed by atoms with Crippen LogP contribution >= 0.6 is 0 Å². The Kier molecular flexibility index (Phi) is 8.54. The van der Waals surface area contributed by atoms with Crippen molar-refractivity contribution in [3.8, 4) is 11.6 Å². The number of nitrogens with one attached hydrogen (secondary N) is 1. The van der Waals surface area contributed by atoms with Gasteiger partial charge in [0.05, 0.1) is 6.26 Å². The number of nitrogen functional groups attached to an aromatic ring is 1. The Balaban J connectivity index is 1.47. The van der Waals surface area contributed by atoms with E-state index < -0.39 is 0 Å². The Labute approximate surface area is 201 Å². The molecule has 0 aliphatic rings. The van der Waals surface area contributed by atoms with Crippen LogP contribution in [-0.4, -0.2) is 26.1 Å². The number of aromatic nitrogens is 4. The van der Waals surface area contributed by atoms with Gasteiger partial charge in [-0.2, -0.15) is 9.97 Å². The minimum Gasteiger partial charge on any atom is -0.461 e. The fourth-order valence-electron chi connectivity index (χ4n) is 4.27. The van der Waals surface area contributed by atoms with Gasteiger partial charge in [0, 0.05) is 13.1 Å². The number of unbranched alkanes of at least 4 members (excludes halogenated alkanes) is 7. The van der Waals surface area contributed by atoms with Crippen molar-refractivity contribution in [3.63, 3.8) is 0 Å². The second-order valence-corrected chi connectivity index (χ2v) is 8.81. The molecular formula is C27H36N6O. The van der Waals surface area contributed by atoms with Crippen molar-refractivity contribution in [3.05, 3.63) is 54.3 Å². The van der Waals surface area contributed by atoms with E-state index in [1.165, 1.54) is 50.5 Å². The zero-order valence-electron chi connectivity index (χ0n) is 20.2. The molecule has 180 valence electrons. The fourth-order valence-corrected chi connectivity index (χ4v) is 4.27. The van der Waals surface area contributed by atoms with Gasteiger partial charge >= 0.3 is 0 Å². The number of anilines is 2. The van der Waals surface area contributed by atoms with E-state index in [9.17, 15) is 0 Å². The summed E-state index contributed by atoms with van der Waals surface area (Å²) in [6, 6.07) is 14.2. The van der Waals surface area contributed by atoms with E-state index in [2.05, 4.69) is 46.1 Å².